The minimum absolute atomic E-state index is 0. The van der Waals surface area contributed by atoms with Crippen LogP contribution in [0.1, 0.15) is 15.3 Å². The fraction of sp³-hybridized carbons (Fsp3) is 0.111. The number of hydrogen-bond acceptors (Lipinski definition) is 0. The van der Waals surface area contributed by atoms with E-state index < -0.39 is 0 Å². The summed E-state index contributed by atoms with van der Waals surface area (Å²) in [6, 6.07) is 8.54. The van der Waals surface area contributed by atoms with Crippen molar-refractivity contribution in [2.45, 2.75) is 4.22 Å². The summed E-state index contributed by atoms with van der Waals surface area (Å²) < 4.78 is 0.621. The quantitative estimate of drug-likeness (QED) is 0.379. The van der Waals surface area contributed by atoms with Gasteiger partial charge in [0.1, 0.15) is 0 Å². The number of benzene rings is 1. The molecule has 0 amide bonds. The van der Waals surface area contributed by atoms with Crippen LogP contribution in [0.2, 0.25) is 0 Å². The average molecular weight is 201 g/mol. The van der Waals surface area contributed by atoms with Crippen molar-refractivity contribution < 1.29 is 29.8 Å². The SMILES string of the molecule is [F-].[F-].[Ti+2][CH]1C=Cc2ccccc21. The molecule has 1 aliphatic carbocycles. The molecule has 0 N–H and O–H groups in total. The van der Waals surface area contributed by atoms with Gasteiger partial charge in [-0.3, -0.25) is 0 Å². The van der Waals surface area contributed by atoms with Crippen LogP contribution in [0, 0.1) is 0 Å². The molecule has 0 spiro atoms. The maximum absolute atomic E-state index is 2.24. The standard InChI is InChI=1S/C9H7.2FH.Ti/c1-2-5-9-7-3-6-8(9)4-1;;;/h1-7H;2*1H;/q;;;+2/p-2. The van der Waals surface area contributed by atoms with Crippen LogP contribution in [0.4, 0.5) is 0 Å². The Morgan fingerprint density at radius 2 is 1.75 bits per heavy atom. The van der Waals surface area contributed by atoms with Crippen molar-refractivity contribution in [3.8, 4) is 0 Å². The summed E-state index contributed by atoms with van der Waals surface area (Å²) in [5, 5.41) is 0. The van der Waals surface area contributed by atoms with E-state index in [9.17, 15) is 0 Å². The van der Waals surface area contributed by atoms with Crippen LogP contribution in [-0.4, -0.2) is 0 Å². The Hall–Kier alpha value is -0.466. The molecule has 0 heterocycles. The van der Waals surface area contributed by atoms with Crippen molar-refractivity contribution in [1.29, 1.82) is 0 Å². The average Bonchev–Trinajstić information content (AvgIpc) is 2.34. The zero-order valence-corrected chi connectivity index (χ0v) is 7.86. The van der Waals surface area contributed by atoms with Crippen molar-refractivity contribution in [3.63, 3.8) is 0 Å². The minimum atomic E-state index is 0. The number of fused-ring (bicyclic) bond motifs is 1. The van der Waals surface area contributed by atoms with Crippen molar-refractivity contribution in [2.75, 3.05) is 0 Å². The van der Waals surface area contributed by atoms with E-state index in [1.165, 1.54) is 11.1 Å². The maximum atomic E-state index is 2.24. The van der Waals surface area contributed by atoms with Crippen LogP contribution >= 0.6 is 0 Å². The zero-order chi connectivity index (χ0) is 6.97. The number of rotatable bonds is 0. The van der Waals surface area contributed by atoms with E-state index in [1.54, 1.807) is 0 Å². The zero-order valence-electron chi connectivity index (χ0n) is 6.30. The summed E-state index contributed by atoms with van der Waals surface area (Å²) in [4.78, 5) is 0. The molecule has 61 valence electrons. The molecule has 1 aliphatic rings. The second-order valence-corrected chi connectivity index (χ2v) is 3.44. The Labute approximate surface area is 81.8 Å². The van der Waals surface area contributed by atoms with Gasteiger partial charge in [0.05, 0.1) is 0 Å². The van der Waals surface area contributed by atoms with E-state index >= 15 is 0 Å². The van der Waals surface area contributed by atoms with E-state index in [4.69, 9.17) is 0 Å². The van der Waals surface area contributed by atoms with E-state index in [0.29, 0.717) is 4.22 Å². The Morgan fingerprint density at radius 3 is 2.42 bits per heavy atom. The summed E-state index contributed by atoms with van der Waals surface area (Å²) in [7, 11) is 0. The fourth-order valence-electron chi connectivity index (χ4n) is 1.25. The third kappa shape index (κ3) is 1.82. The molecule has 0 aromatic heterocycles. The molecule has 12 heavy (non-hydrogen) atoms. The molecule has 0 nitrogen and oxygen atoms in total. The van der Waals surface area contributed by atoms with Crippen LogP contribution < -0.4 is 9.41 Å². The van der Waals surface area contributed by atoms with Crippen molar-refractivity contribution in [3.05, 3.63) is 41.5 Å². The molecular weight excluding hydrogens is 194 g/mol. The van der Waals surface area contributed by atoms with Gasteiger partial charge in [0, 0.05) is 0 Å². The van der Waals surface area contributed by atoms with Crippen LogP contribution in [0.25, 0.3) is 6.08 Å². The first-order valence-electron chi connectivity index (χ1n) is 3.36. The summed E-state index contributed by atoms with van der Waals surface area (Å²) >= 11 is 2.22. The van der Waals surface area contributed by atoms with Crippen LogP contribution in [0.3, 0.4) is 0 Å². The first-order chi connectivity index (χ1) is 4.88. The van der Waals surface area contributed by atoms with Crippen molar-refractivity contribution in [1.82, 2.24) is 0 Å². The van der Waals surface area contributed by atoms with Gasteiger partial charge in [-0.25, -0.2) is 0 Å². The molecule has 0 aliphatic heterocycles. The summed E-state index contributed by atoms with van der Waals surface area (Å²) in [6.07, 6.45) is 4.44. The van der Waals surface area contributed by atoms with Crippen LogP contribution in [0.15, 0.2) is 30.3 Å². The van der Waals surface area contributed by atoms with Gasteiger partial charge in [-0.1, -0.05) is 0 Å². The topological polar surface area (TPSA) is 0 Å². The molecular formula is C9H7F2Ti. The van der Waals surface area contributed by atoms with Crippen LogP contribution in [0.5, 0.6) is 0 Å². The fourth-order valence-corrected chi connectivity index (χ4v) is 1.81. The summed E-state index contributed by atoms with van der Waals surface area (Å²) in [5.41, 5.74) is 2.84. The van der Waals surface area contributed by atoms with Crippen molar-refractivity contribution >= 4 is 6.08 Å². The molecule has 0 saturated heterocycles. The number of hydrogen-bond donors (Lipinski definition) is 0. The molecule has 1 aromatic carbocycles. The van der Waals surface area contributed by atoms with Gasteiger partial charge in [-0.05, 0) is 0 Å². The van der Waals surface area contributed by atoms with Crippen LogP contribution in [-0.2, 0) is 20.4 Å². The van der Waals surface area contributed by atoms with Gasteiger partial charge in [-0.2, -0.15) is 0 Å². The Kier molecular flexibility index (Phi) is 4.36. The Bertz CT molecular complexity index is 284. The Morgan fingerprint density at radius 1 is 1.08 bits per heavy atom. The second kappa shape index (κ2) is 4.53. The van der Waals surface area contributed by atoms with E-state index in [0.717, 1.165) is 0 Å². The van der Waals surface area contributed by atoms with Gasteiger partial charge in [-0.15, -0.1) is 0 Å². The summed E-state index contributed by atoms with van der Waals surface area (Å²) in [6.45, 7) is 0. The van der Waals surface area contributed by atoms with Gasteiger partial charge in [0.2, 0.25) is 0 Å². The monoisotopic (exact) mass is 201 g/mol. The number of halogens is 2. The predicted octanol–water partition coefficient (Wildman–Crippen LogP) is -3.69. The normalized spacial score (nSPS) is 17.7. The third-order valence-electron chi connectivity index (χ3n) is 1.80. The Balaban J connectivity index is 0.000000605. The van der Waals surface area contributed by atoms with Gasteiger partial charge >= 0.3 is 72.2 Å². The first kappa shape index (κ1) is 11.5. The summed E-state index contributed by atoms with van der Waals surface area (Å²) in [5.74, 6) is 0. The molecule has 1 atom stereocenters. The molecule has 0 bridgehead atoms. The predicted molar refractivity (Wildman–Crippen MR) is 38.2 cm³/mol. The molecule has 1 unspecified atom stereocenters. The molecule has 1 aromatic rings. The molecule has 3 heteroatoms. The van der Waals surface area contributed by atoms with Gasteiger partial charge in [0.25, 0.3) is 0 Å². The van der Waals surface area contributed by atoms with E-state index in [-0.39, 0.29) is 9.41 Å². The molecule has 2 rings (SSSR count). The molecule has 0 fully saturated rings. The van der Waals surface area contributed by atoms with E-state index in [1.807, 2.05) is 0 Å². The second-order valence-electron chi connectivity index (χ2n) is 2.47. The van der Waals surface area contributed by atoms with Gasteiger partial charge < -0.3 is 9.41 Å². The van der Waals surface area contributed by atoms with E-state index in [2.05, 4.69) is 56.9 Å². The third-order valence-corrected chi connectivity index (χ3v) is 2.59. The molecule has 0 radical (unpaired) electrons. The van der Waals surface area contributed by atoms with Crippen molar-refractivity contribution in [2.24, 2.45) is 0 Å². The number of allylic oxidation sites excluding steroid dienone is 1. The molecule has 0 saturated carbocycles. The van der Waals surface area contributed by atoms with Gasteiger partial charge in [0.15, 0.2) is 0 Å². The first-order valence-corrected chi connectivity index (χ1v) is 4.26.